The van der Waals surface area contributed by atoms with E-state index in [9.17, 15) is 8.42 Å². The maximum Gasteiger partial charge on any atom is 0.251 e. The number of imidazole rings is 1. The van der Waals surface area contributed by atoms with Crippen LogP contribution in [0.3, 0.4) is 0 Å². The van der Waals surface area contributed by atoms with Gasteiger partial charge >= 0.3 is 0 Å². The molecule has 0 atom stereocenters. The highest BCUT2D eigenvalue weighted by Gasteiger charge is 2.28. The summed E-state index contributed by atoms with van der Waals surface area (Å²) in [7, 11) is -3.69. The van der Waals surface area contributed by atoms with Gasteiger partial charge in [-0.15, -0.1) is 11.3 Å². The first-order valence-electron chi connectivity index (χ1n) is 9.59. The van der Waals surface area contributed by atoms with Gasteiger partial charge in [0.15, 0.2) is 0 Å². The molecule has 0 saturated heterocycles. The van der Waals surface area contributed by atoms with Crippen LogP contribution in [0, 0.1) is 5.92 Å². The smallest absolute Gasteiger partial charge is 0.251 e. The Bertz CT molecular complexity index is 1110. The molecule has 7 nitrogen and oxygen atoms in total. The van der Waals surface area contributed by atoms with Crippen LogP contribution in [-0.4, -0.2) is 33.5 Å². The van der Waals surface area contributed by atoms with Crippen molar-refractivity contribution in [2.45, 2.75) is 57.3 Å². The van der Waals surface area contributed by atoms with Crippen molar-refractivity contribution in [3.05, 3.63) is 46.8 Å². The predicted molar refractivity (Wildman–Crippen MR) is 120 cm³/mol. The second-order valence-corrected chi connectivity index (χ2v) is 11.9. The van der Waals surface area contributed by atoms with Gasteiger partial charge in [-0.2, -0.15) is 0 Å². The third kappa shape index (κ3) is 5.66. The van der Waals surface area contributed by atoms with Crippen LogP contribution < -0.4 is 4.72 Å². The van der Waals surface area contributed by atoms with E-state index in [1.54, 1.807) is 29.4 Å². The third-order valence-electron chi connectivity index (χ3n) is 4.04. The van der Waals surface area contributed by atoms with Crippen molar-refractivity contribution >= 4 is 33.0 Å². The van der Waals surface area contributed by atoms with Gasteiger partial charge in [0.1, 0.15) is 10.0 Å². The quantitative estimate of drug-likeness (QED) is 0.556. The zero-order valence-corrected chi connectivity index (χ0v) is 20.1. The molecular weight excluding hydrogens is 442 g/mol. The number of sulfonamides is 1. The van der Waals surface area contributed by atoms with Gasteiger partial charge in [-0.05, 0) is 50.8 Å². The first kappa shape index (κ1) is 22.9. The van der Waals surface area contributed by atoms with Crippen molar-refractivity contribution in [3.8, 4) is 11.1 Å². The fourth-order valence-electron chi connectivity index (χ4n) is 2.93. The molecule has 3 rings (SSSR count). The van der Waals surface area contributed by atoms with Gasteiger partial charge < -0.3 is 4.57 Å². The van der Waals surface area contributed by atoms with E-state index in [-0.39, 0.29) is 0 Å². The average molecular weight is 468 g/mol. The van der Waals surface area contributed by atoms with E-state index in [4.69, 9.17) is 11.6 Å². The van der Waals surface area contributed by atoms with Crippen LogP contribution >= 0.6 is 22.9 Å². The van der Waals surface area contributed by atoms with Crippen LogP contribution in [0.15, 0.2) is 35.1 Å². The number of nitrogens with zero attached hydrogens (tertiary/aromatic N) is 4. The van der Waals surface area contributed by atoms with Crippen LogP contribution in [0.2, 0.25) is 5.28 Å². The zero-order chi connectivity index (χ0) is 22.1. The Morgan fingerprint density at radius 1 is 1.20 bits per heavy atom. The fraction of sp³-hybridized carbons (Fsp3) is 0.450. The summed E-state index contributed by atoms with van der Waals surface area (Å²) in [6.07, 6.45) is 7.48. The molecule has 0 aliphatic rings. The van der Waals surface area contributed by atoms with Crippen LogP contribution in [0.4, 0.5) is 0 Å². The number of thiophene rings is 1. The van der Waals surface area contributed by atoms with Crippen LogP contribution in [0.5, 0.6) is 0 Å². The highest BCUT2D eigenvalue weighted by atomic mass is 35.5. The minimum Gasteiger partial charge on any atom is -0.314 e. The van der Waals surface area contributed by atoms with Gasteiger partial charge in [-0.1, -0.05) is 13.8 Å². The monoisotopic (exact) mass is 467 g/mol. The standard InChI is InChI=1S/C20H26ClN5O2S2/c1-13(2)8-15-9-16(18(29-15)30(27,28)25-20(3,4)5)14-10-23-17(24-11-14)12-26-7-6-22-19(26)21/h6-7,9-11,13,25H,8,12H2,1-5H3. The number of hydrogen-bond donors (Lipinski definition) is 1. The van der Waals surface area contributed by atoms with Crippen LogP contribution in [-0.2, 0) is 23.0 Å². The fourth-order valence-corrected chi connectivity index (χ4v) is 6.47. The second kappa shape index (κ2) is 8.74. The van der Waals surface area contributed by atoms with Gasteiger partial charge in [-0.3, -0.25) is 0 Å². The maximum absolute atomic E-state index is 13.1. The molecule has 3 heterocycles. The van der Waals surface area contributed by atoms with E-state index >= 15 is 0 Å². The summed E-state index contributed by atoms with van der Waals surface area (Å²) in [6, 6.07) is 1.94. The third-order valence-corrected chi connectivity index (χ3v) is 7.80. The highest BCUT2D eigenvalue weighted by Crippen LogP contribution is 2.36. The number of aromatic nitrogens is 4. The lowest BCUT2D eigenvalue weighted by Crippen LogP contribution is -2.40. The molecular formula is C20H26ClN5O2S2. The average Bonchev–Trinajstić information content (AvgIpc) is 3.20. The molecule has 162 valence electrons. The minimum absolute atomic E-state index is 0.294. The van der Waals surface area contributed by atoms with Crippen molar-refractivity contribution in [2.75, 3.05) is 0 Å². The zero-order valence-electron chi connectivity index (χ0n) is 17.7. The normalized spacial score (nSPS) is 12.6. The molecule has 0 saturated carbocycles. The van der Waals surface area contributed by atoms with Crippen molar-refractivity contribution in [2.24, 2.45) is 5.92 Å². The Morgan fingerprint density at radius 2 is 1.87 bits per heavy atom. The minimum atomic E-state index is -3.69. The lowest BCUT2D eigenvalue weighted by Gasteiger charge is -2.20. The Labute approximate surface area is 186 Å². The summed E-state index contributed by atoms with van der Waals surface area (Å²) in [6.45, 7) is 10.1. The van der Waals surface area contributed by atoms with E-state index in [0.717, 1.165) is 11.3 Å². The molecule has 0 spiro atoms. The van der Waals surface area contributed by atoms with Crippen LogP contribution in [0.1, 0.15) is 45.3 Å². The SMILES string of the molecule is CC(C)Cc1cc(-c2cnc(Cn3ccnc3Cl)nc2)c(S(=O)(=O)NC(C)(C)C)s1. The summed E-state index contributed by atoms with van der Waals surface area (Å²) in [4.78, 5) is 13.8. The first-order chi connectivity index (χ1) is 13.9. The summed E-state index contributed by atoms with van der Waals surface area (Å²) in [5.41, 5.74) is 0.707. The Morgan fingerprint density at radius 3 is 2.40 bits per heavy atom. The number of nitrogens with one attached hydrogen (secondary N) is 1. The molecule has 0 amide bonds. The Hall–Kier alpha value is -1.81. The summed E-state index contributed by atoms with van der Waals surface area (Å²) >= 11 is 7.31. The summed E-state index contributed by atoms with van der Waals surface area (Å²) in [5, 5.41) is 0.362. The molecule has 0 aliphatic carbocycles. The van der Waals surface area contributed by atoms with E-state index in [2.05, 4.69) is 33.5 Å². The number of halogens is 1. The van der Waals surface area contributed by atoms with Gasteiger partial charge in [0.2, 0.25) is 5.28 Å². The molecule has 0 aromatic carbocycles. The number of hydrogen-bond acceptors (Lipinski definition) is 6. The van der Waals surface area contributed by atoms with Crippen molar-refractivity contribution < 1.29 is 8.42 Å². The molecule has 10 heteroatoms. The maximum atomic E-state index is 13.1. The van der Waals surface area contributed by atoms with E-state index in [1.165, 1.54) is 11.3 Å². The summed E-state index contributed by atoms with van der Waals surface area (Å²) in [5.74, 6) is 0.981. The molecule has 3 aromatic rings. The predicted octanol–water partition coefficient (Wildman–Crippen LogP) is 4.38. The molecule has 0 unspecified atom stereocenters. The topological polar surface area (TPSA) is 89.8 Å². The molecule has 1 N–H and O–H groups in total. The van der Waals surface area contributed by atoms with Crippen molar-refractivity contribution in [3.63, 3.8) is 0 Å². The first-order valence-corrected chi connectivity index (χ1v) is 12.3. The van der Waals surface area contributed by atoms with Crippen LogP contribution in [0.25, 0.3) is 11.1 Å². The highest BCUT2D eigenvalue weighted by molar-refractivity contribution is 7.91. The van der Waals surface area contributed by atoms with Crippen molar-refractivity contribution in [1.29, 1.82) is 0 Å². The molecule has 0 bridgehead atoms. The van der Waals surface area contributed by atoms with E-state index in [0.29, 0.717) is 38.9 Å². The largest absolute Gasteiger partial charge is 0.314 e. The molecule has 0 fully saturated rings. The second-order valence-electron chi connectivity index (χ2n) is 8.58. The lowest BCUT2D eigenvalue weighted by atomic mass is 10.1. The van der Waals surface area contributed by atoms with Gasteiger partial charge in [-0.25, -0.2) is 28.1 Å². The molecule has 30 heavy (non-hydrogen) atoms. The molecule has 0 radical (unpaired) electrons. The van der Waals surface area contributed by atoms with E-state index in [1.807, 2.05) is 26.8 Å². The van der Waals surface area contributed by atoms with Crippen molar-refractivity contribution in [1.82, 2.24) is 24.2 Å². The van der Waals surface area contributed by atoms with Gasteiger partial charge in [0.05, 0.1) is 6.54 Å². The Kier molecular flexibility index (Phi) is 6.66. The number of rotatable bonds is 7. The summed E-state index contributed by atoms with van der Waals surface area (Å²) < 4.78 is 31.0. The molecule has 3 aromatic heterocycles. The van der Waals surface area contributed by atoms with Gasteiger partial charge in [0.25, 0.3) is 10.0 Å². The van der Waals surface area contributed by atoms with E-state index < -0.39 is 15.6 Å². The Balaban J connectivity index is 1.97. The lowest BCUT2D eigenvalue weighted by molar-refractivity contribution is 0.493. The molecule has 0 aliphatic heterocycles. The van der Waals surface area contributed by atoms with Gasteiger partial charge in [0, 0.05) is 46.3 Å².